The van der Waals surface area contributed by atoms with E-state index in [1.54, 1.807) is 0 Å². The summed E-state index contributed by atoms with van der Waals surface area (Å²) >= 11 is 0. The number of benzene rings is 2. The fourth-order valence-corrected chi connectivity index (χ4v) is 4.47. The summed E-state index contributed by atoms with van der Waals surface area (Å²) in [5.41, 5.74) is 4.65. The molecule has 0 saturated carbocycles. The summed E-state index contributed by atoms with van der Waals surface area (Å²) in [7, 11) is -3.29. The molecular formula is C20H26N2O2S. The van der Waals surface area contributed by atoms with E-state index >= 15 is 0 Å². The Morgan fingerprint density at radius 2 is 1.84 bits per heavy atom. The van der Waals surface area contributed by atoms with E-state index in [1.165, 1.54) is 16.8 Å². The van der Waals surface area contributed by atoms with Gasteiger partial charge in [0.2, 0.25) is 10.0 Å². The number of sulfonamides is 1. The smallest absolute Gasteiger partial charge is 0.215 e. The van der Waals surface area contributed by atoms with Crippen molar-refractivity contribution in [3.8, 4) is 0 Å². The van der Waals surface area contributed by atoms with Crippen LogP contribution in [0, 0.1) is 19.8 Å². The number of aryl methyl sites for hydroxylation is 2. The number of anilines is 1. The van der Waals surface area contributed by atoms with Gasteiger partial charge in [-0.15, -0.1) is 0 Å². The maximum Gasteiger partial charge on any atom is 0.215 e. The quantitative estimate of drug-likeness (QED) is 0.862. The Morgan fingerprint density at radius 1 is 1.08 bits per heavy atom. The highest BCUT2D eigenvalue weighted by Gasteiger charge is 2.24. The molecule has 1 aliphatic heterocycles. The van der Waals surface area contributed by atoms with Gasteiger partial charge in [0.1, 0.15) is 0 Å². The van der Waals surface area contributed by atoms with Gasteiger partial charge >= 0.3 is 0 Å². The van der Waals surface area contributed by atoms with Crippen molar-refractivity contribution < 1.29 is 8.42 Å². The first kappa shape index (κ1) is 18.0. The lowest BCUT2D eigenvalue weighted by Gasteiger charge is -2.20. The summed E-state index contributed by atoms with van der Waals surface area (Å²) < 4.78 is 27.3. The minimum atomic E-state index is -3.29. The van der Waals surface area contributed by atoms with Crippen LogP contribution in [-0.2, 0) is 15.8 Å². The van der Waals surface area contributed by atoms with Crippen LogP contribution in [0.3, 0.4) is 0 Å². The van der Waals surface area contributed by atoms with Crippen molar-refractivity contribution in [2.24, 2.45) is 5.92 Å². The molecular weight excluding hydrogens is 332 g/mol. The molecule has 1 atom stereocenters. The highest BCUT2D eigenvalue weighted by molar-refractivity contribution is 7.88. The molecule has 1 fully saturated rings. The van der Waals surface area contributed by atoms with E-state index in [9.17, 15) is 8.42 Å². The molecule has 0 aromatic heterocycles. The Kier molecular flexibility index (Phi) is 5.45. The van der Waals surface area contributed by atoms with Gasteiger partial charge in [0.05, 0.1) is 5.75 Å². The molecule has 3 rings (SSSR count). The van der Waals surface area contributed by atoms with Gasteiger partial charge in [-0.05, 0) is 55.0 Å². The number of hydrogen-bond acceptors (Lipinski definition) is 3. The molecule has 1 N–H and O–H groups in total. The zero-order chi connectivity index (χ0) is 17.9. The Bertz CT molecular complexity index is 819. The van der Waals surface area contributed by atoms with Gasteiger partial charge in [0.15, 0.2) is 0 Å². The molecule has 5 heteroatoms. The van der Waals surface area contributed by atoms with Crippen LogP contribution in [0.1, 0.15) is 23.1 Å². The SMILES string of the molecule is Cc1ccc(N2CCC(CNS(=O)(=O)Cc3ccccc3)C2)cc1C. The van der Waals surface area contributed by atoms with E-state index in [0.717, 1.165) is 25.1 Å². The first-order valence-corrected chi connectivity index (χ1v) is 10.4. The molecule has 134 valence electrons. The summed E-state index contributed by atoms with van der Waals surface area (Å²) in [6, 6.07) is 15.8. The molecule has 2 aromatic carbocycles. The van der Waals surface area contributed by atoms with Crippen molar-refractivity contribution in [3.63, 3.8) is 0 Å². The number of nitrogens with one attached hydrogen (secondary N) is 1. The van der Waals surface area contributed by atoms with Crippen LogP contribution in [0.25, 0.3) is 0 Å². The van der Waals surface area contributed by atoms with Crippen molar-refractivity contribution in [3.05, 3.63) is 65.2 Å². The monoisotopic (exact) mass is 358 g/mol. The summed E-state index contributed by atoms with van der Waals surface area (Å²) in [5, 5.41) is 0. The summed E-state index contributed by atoms with van der Waals surface area (Å²) in [6.45, 7) is 6.64. The van der Waals surface area contributed by atoms with E-state index in [2.05, 4.69) is 41.7 Å². The molecule has 1 saturated heterocycles. The van der Waals surface area contributed by atoms with Gasteiger partial charge in [0.25, 0.3) is 0 Å². The predicted octanol–water partition coefficient (Wildman–Crippen LogP) is 3.25. The zero-order valence-electron chi connectivity index (χ0n) is 14.9. The predicted molar refractivity (Wildman–Crippen MR) is 103 cm³/mol. The molecule has 0 aliphatic carbocycles. The molecule has 4 nitrogen and oxygen atoms in total. The maximum atomic E-state index is 12.3. The second-order valence-electron chi connectivity index (χ2n) is 6.96. The number of nitrogens with zero attached hydrogens (tertiary/aromatic N) is 1. The number of hydrogen-bond donors (Lipinski definition) is 1. The van der Waals surface area contributed by atoms with E-state index in [1.807, 2.05) is 30.3 Å². The minimum Gasteiger partial charge on any atom is -0.371 e. The van der Waals surface area contributed by atoms with Crippen molar-refractivity contribution in [1.29, 1.82) is 0 Å². The van der Waals surface area contributed by atoms with Crippen LogP contribution in [0.15, 0.2) is 48.5 Å². The third-order valence-corrected chi connectivity index (χ3v) is 6.25. The summed E-state index contributed by atoms with van der Waals surface area (Å²) in [6.07, 6.45) is 1.01. The van der Waals surface area contributed by atoms with Gasteiger partial charge in [-0.2, -0.15) is 0 Å². The van der Waals surface area contributed by atoms with E-state index < -0.39 is 10.0 Å². The highest BCUT2D eigenvalue weighted by Crippen LogP contribution is 2.25. The van der Waals surface area contributed by atoms with Gasteiger partial charge in [-0.3, -0.25) is 0 Å². The van der Waals surface area contributed by atoms with E-state index in [4.69, 9.17) is 0 Å². The van der Waals surface area contributed by atoms with Crippen LogP contribution in [-0.4, -0.2) is 28.1 Å². The van der Waals surface area contributed by atoms with E-state index in [0.29, 0.717) is 12.5 Å². The van der Waals surface area contributed by atoms with Crippen LogP contribution >= 0.6 is 0 Å². The third-order valence-electron chi connectivity index (χ3n) is 4.93. The van der Waals surface area contributed by atoms with Crippen molar-refractivity contribution in [1.82, 2.24) is 4.72 Å². The lowest BCUT2D eigenvalue weighted by Crippen LogP contribution is -2.31. The van der Waals surface area contributed by atoms with Crippen molar-refractivity contribution in [2.45, 2.75) is 26.0 Å². The molecule has 2 aromatic rings. The highest BCUT2D eigenvalue weighted by atomic mass is 32.2. The molecule has 25 heavy (non-hydrogen) atoms. The molecule has 1 unspecified atom stereocenters. The molecule has 0 spiro atoms. The Hall–Kier alpha value is -1.85. The maximum absolute atomic E-state index is 12.3. The first-order valence-electron chi connectivity index (χ1n) is 8.76. The second kappa shape index (κ2) is 7.58. The standard InChI is InChI=1S/C20H26N2O2S/c1-16-8-9-20(12-17(16)2)22-11-10-19(14-22)13-21-25(23,24)15-18-6-4-3-5-7-18/h3-9,12,19,21H,10-11,13-15H2,1-2H3. The Labute approximate surface area is 150 Å². The van der Waals surface area contributed by atoms with Crippen LogP contribution in [0.2, 0.25) is 0 Å². The lowest BCUT2D eigenvalue weighted by atomic mass is 10.1. The summed E-state index contributed by atoms with van der Waals surface area (Å²) in [5.74, 6) is 0.397. The van der Waals surface area contributed by atoms with Crippen molar-refractivity contribution >= 4 is 15.7 Å². The van der Waals surface area contributed by atoms with Crippen LogP contribution in [0.5, 0.6) is 0 Å². The molecule has 0 radical (unpaired) electrons. The molecule has 0 amide bonds. The topological polar surface area (TPSA) is 49.4 Å². The van der Waals surface area contributed by atoms with Crippen LogP contribution in [0.4, 0.5) is 5.69 Å². The molecule has 1 heterocycles. The number of rotatable bonds is 6. The van der Waals surface area contributed by atoms with Crippen molar-refractivity contribution in [2.75, 3.05) is 24.5 Å². The molecule has 0 bridgehead atoms. The fourth-order valence-electron chi connectivity index (χ4n) is 3.25. The van der Waals surface area contributed by atoms with Gasteiger partial charge in [-0.1, -0.05) is 36.4 Å². The van der Waals surface area contributed by atoms with Gasteiger partial charge in [-0.25, -0.2) is 13.1 Å². The minimum absolute atomic E-state index is 0.0431. The normalized spacial score (nSPS) is 17.8. The fraction of sp³-hybridized carbons (Fsp3) is 0.400. The van der Waals surface area contributed by atoms with Gasteiger partial charge in [0, 0.05) is 25.3 Å². The third kappa shape index (κ3) is 4.83. The van der Waals surface area contributed by atoms with Crippen LogP contribution < -0.4 is 9.62 Å². The van der Waals surface area contributed by atoms with Gasteiger partial charge < -0.3 is 4.90 Å². The second-order valence-corrected chi connectivity index (χ2v) is 8.77. The van der Waals surface area contributed by atoms with E-state index in [-0.39, 0.29) is 5.75 Å². The Morgan fingerprint density at radius 3 is 2.56 bits per heavy atom. The molecule has 1 aliphatic rings. The average molecular weight is 359 g/mol. The lowest BCUT2D eigenvalue weighted by molar-refractivity contribution is 0.541. The summed E-state index contributed by atoms with van der Waals surface area (Å²) in [4.78, 5) is 2.35. The zero-order valence-corrected chi connectivity index (χ0v) is 15.7. The Balaban J connectivity index is 1.53. The first-order chi connectivity index (χ1) is 11.9. The largest absolute Gasteiger partial charge is 0.371 e. The average Bonchev–Trinajstić information content (AvgIpc) is 3.05.